The van der Waals surface area contributed by atoms with Gasteiger partial charge in [-0.25, -0.2) is 0 Å². The van der Waals surface area contributed by atoms with Gasteiger partial charge in [0.25, 0.3) is 0 Å². The van der Waals surface area contributed by atoms with Gasteiger partial charge in [-0.3, -0.25) is 9.59 Å². The number of piperidine rings is 1. The van der Waals surface area contributed by atoms with Crippen molar-refractivity contribution in [2.75, 3.05) is 39.9 Å². The highest BCUT2D eigenvalue weighted by Gasteiger charge is 2.31. The zero-order valence-electron chi connectivity index (χ0n) is 23.0. The average Bonchev–Trinajstić information content (AvgIpc) is 2.90. The molecule has 1 saturated carbocycles. The van der Waals surface area contributed by atoms with E-state index in [-0.39, 0.29) is 24.3 Å². The fourth-order valence-corrected chi connectivity index (χ4v) is 4.24. The summed E-state index contributed by atoms with van der Waals surface area (Å²) in [7, 11) is 1.84. The topological polar surface area (TPSA) is 66.9 Å². The van der Waals surface area contributed by atoms with Crippen molar-refractivity contribution >= 4 is 18.1 Å². The molecule has 0 aromatic carbocycles. The number of amides is 2. The lowest BCUT2D eigenvalue weighted by Crippen LogP contribution is -2.42. The third-order valence-electron chi connectivity index (χ3n) is 6.20. The van der Waals surface area contributed by atoms with Crippen LogP contribution in [0.1, 0.15) is 99.8 Å². The molecule has 1 aliphatic carbocycles. The van der Waals surface area contributed by atoms with Crippen molar-refractivity contribution in [1.29, 1.82) is 0 Å². The third kappa shape index (κ3) is 13.8. The van der Waals surface area contributed by atoms with Crippen molar-refractivity contribution in [2.24, 2.45) is 17.8 Å². The maximum Gasteiger partial charge on any atom is 0.248 e. The van der Waals surface area contributed by atoms with Gasteiger partial charge in [0.15, 0.2) is 0 Å². The van der Waals surface area contributed by atoms with Crippen LogP contribution in [-0.2, 0) is 19.1 Å². The van der Waals surface area contributed by atoms with Gasteiger partial charge in [0, 0.05) is 45.1 Å². The van der Waals surface area contributed by atoms with Gasteiger partial charge in [-0.2, -0.15) is 0 Å². The van der Waals surface area contributed by atoms with Crippen molar-refractivity contribution in [2.45, 2.75) is 99.8 Å². The molecule has 6 heteroatoms. The molecule has 0 spiro atoms. The first kappa shape index (κ1) is 33.7. The molecule has 1 heterocycles. The highest BCUT2D eigenvalue weighted by molar-refractivity contribution is 5.79. The fraction of sp³-hybridized carbons (Fsp3) is 0.889. The van der Waals surface area contributed by atoms with E-state index in [1.807, 2.05) is 60.4 Å². The molecule has 0 radical (unpaired) electrons. The van der Waals surface area contributed by atoms with Crippen LogP contribution in [0.4, 0.5) is 0 Å². The molecule has 2 aliphatic rings. The molecule has 1 aliphatic heterocycles. The Labute approximate surface area is 204 Å². The van der Waals surface area contributed by atoms with Gasteiger partial charge in [-0.1, -0.05) is 41.5 Å². The third-order valence-corrected chi connectivity index (χ3v) is 6.20. The monoisotopic (exact) mass is 470 g/mol. The minimum Gasteiger partial charge on any atom is -0.372 e. The van der Waals surface area contributed by atoms with Crippen molar-refractivity contribution < 1.29 is 19.1 Å². The second-order valence-electron chi connectivity index (χ2n) is 8.11. The largest absolute Gasteiger partial charge is 0.372 e. The van der Waals surface area contributed by atoms with Gasteiger partial charge in [-0.05, 0) is 64.2 Å². The Bertz CT molecular complexity index is 483. The predicted molar refractivity (Wildman–Crippen MR) is 138 cm³/mol. The second kappa shape index (κ2) is 22.4. The Hall–Kier alpha value is -1.43. The van der Waals surface area contributed by atoms with Crippen molar-refractivity contribution in [3.8, 4) is 0 Å². The molecule has 0 N–H and O–H groups in total. The summed E-state index contributed by atoms with van der Waals surface area (Å²) in [6.45, 7) is 17.1. The Balaban J connectivity index is 0. The standard InChI is InChI=1S/C21H36N2O4.3C2H6/c1-3-27-16-20(25)22(2)12-4-5-17-10-13-23(14-11-17)21(26)19-8-6-18(15-24)7-9-19;3*1-2/h15,17-19H,3-14,16H2,1-2H3;3*1-2H3. The summed E-state index contributed by atoms with van der Waals surface area (Å²) in [6, 6.07) is 0. The van der Waals surface area contributed by atoms with Crippen LogP contribution >= 0.6 is 0 Å². The van der Waals surface area contributed by atoms with Crippen LogP contribution in [0.25, 0.3) is 0 Å². The molecule has 0 unspecified atom stereocenters. The smallest absolute Gasteiger partial charge is 0.248 e. The van der Waals surface area contributed by atoms with Gasteiger partial charge in [0.05, 0.1) is 0 Å². The van der Waals surface area contributed by atoms with Crippen LogP contribution in [0.2, 0.25) is 0 Å². The van der Waals surface area contributed by atoms with Crippen LogP contribution in [0.5, 0.6) is 0 Å². The SMILES string of the molecule is CC.CC.CC.CCOCC(=O)N(C)CCCC1CCN(C(=O)C2CCC(C=O)CC2)CC1. The fourth-order valence-electron chi connectivity index (χ4n) is 4.24. The number of likely N-dealkylation sites (tertiary alicyclic amines) is 1. The van der Waals surface area contributed by atoms with Crippen molar-refractivity contribution in [1.82, 2.24) is 9.80 Å². The Morgan fingerprint density at radius 2 is 1.48 bits per heavy atom. The van der Waals surface area contributed by atoms with Crippen LogP contribution in [0.3, 0.4) is 0 Å². The van der Waals surface area contributed by atoms with Crippen LogP contribution < -0.4 is 0 Å². The molecule has 0 bridgehead atoms. The average molecular weight is 471 g/mol. The zero-order valence-corrected chi connectivity index (χ0v) is 23.0. The van der Waals surface area contributed by atoms with Crippen molar-refractivity contribution in [3.05, 3.63) is 0 Å². The highest BCUT2D eigenvalue weighted by atomic mass is 16.5. The molecule has 0 atom stereocenters. The van der Waals surface area contributed by atoms with Gasteiger partial charge in [0.2, 0.25) is 11.8 Å². The molecule has 33 heavy (non-hydrogen) atoms. The number of hydrogen-bond acceptors (Lipinski definition) is 4. The van der Waals surface area contributed by atoms with E-state index in [1.54, 1.807) is 4.90 Å². The molecule has 2 amide bonds. The summed E-state index contributed by atoms with van der Waals surface area (Å²) in [5, 5.41) is 0. The first-order valence-electron chi connectivity index (χ1n) is 13.6. The lowest BCUT2D eigenvalue weighted by atomic mass is 9.81. The van der Waals surface area contributed by atoms with Gasteiger partial charge >= 0.3 is 0 Å². The second-order valence-corrected chi connectivity index (χ2v) is 8.11. The van der Waals surface area contributed by atoms with Crippen LogP contribution in [0.15, 0.2) is 0 Å². The summed E-state index contributed by atoms with van der Waals surface area (Å²) in [6.07, 6.45) is 8.75. The normalized spacial score (nSPS) is 20.1. The Morgan fingerprint density at radius 1 is 0.939 bits per heavy atom. The lowest BCUT2D eigenvalue weighted by Gasteiger charge is -2.36. The van der Waals surface area contributed by atoms with Crippen molar-refractivity contribution in [3.63, 3.8) is 0 Å². The molecule has 2 fully saturated rings. The van der Waals surface area contributed by atoms with E-state index in [4.69, 9.17) is 4.74 Å². The number of carbonyl (C=O) groups excluding carboxylic acids is 3. The van der Waals surface area contributed by atoms with E-state index < -0.39 is 0 Å². The Kier molecular flexibility index (Phi) is 22.9. The van der Waals surface area contributed by atoms with E-state index in [1.165, 1.54) is 0 Å². The predicted octanol–water partition coefficient (Wildman–Crippen LogP) is 5.58. The molecule has 2 rings (SSSR count). The minimum absolute atomic E-state index is 0.0431. The van der Waals surface area contributed by atoms with Gasteiger partial charge < -0.3 is 19.3 Å². The van der Waals surface area contributed by atoms with Gasteiger partial charge in [-0.15, -0.1) is 0 Å². The number of nitrogens with zero attached hydrogens (tertiary/aromatic N) is 2. The van der Waals surface area contributed by atoms with E-state index in [0.717, 1.165) is 77.3 Å². The van der Waals surface area contributed by atoms with E-state index >= 15 is 0 Å². The van der Waals surface area contributed by atoms with E-state index in [9.17, 15) is 14.4 Å². The lowest BCUT2D eigenvalue weighted by molar-refractivity contribution is -0.139. The maximum absolute atomic E-state index is 12.7. The first-order valence-corrected chi connectivity index (χ1v) is 13.6. The molecule has 196 valence electrons. The molecular weight excluding hydrogens is 416 g/mol. The van der Waals surface area contributed by atoms with Crippen LogP contribution in [0, 0.1) is 17.8 Å². The number of likely N-dealkylation sites (N-methyl/N-ethyl adjacent to an activating group) is 1. The summed E-state index contributed by atoms with van der Waals surface area (Å²) in [5.74, 6) is 1.29. The summed E-state index contributed by atoms with van der Waals surface area (Å²) in [4.78, 5) is 39.2. The molecule has 0 aromatic rings. The van der Waals surface area contributed by atoms with Crippen LogP contribution in [-0.4, -0.2) is 67.8 Å². The summed E-state index contributed by atoms with van der Waals surface area (Å²) < 4.78 is 5.16. The maximum atomic E-state index is 12.7. The molecule has 0 aromatic heterocycles. The molecule has 1 saturated heterocycles. The number of rotatable bonds is 9. The first-order chi connectivity index (χ1) is 16.0. The zero-order chi connectivity index (χ0) is 25.6. The highest BCUT2D eigenvalue weighted by Crippen LogP contribution is 2.30. The number of ether oxygens (including phenoxy) is 1. The summed E-state index contributed by atoms with van der Waals surface area (Å²) in [5.41, 5.74) is 0. The number of aldehydes is 1. The Morgan fingerprint density at radius 3 is 1.97 bits per heavy atom. The van der Waals surface area contributed by atoms with E-state index in [0.29, 0.717) is 18.4 Å². The number of hydrogen-bond donors (Lipinski definition) is 0. The number of carbonyl (C=O) groups is 3. The molecule has 6 nitrogen and oxygen atoms in total. The minimum atomic E-state index is 0.0431. The quantitative estimate of drug-likeness (QED) is 0.412. The summed E-state index contributed by atoms with van der Waals surface area (Å²) >= 11 is 0. The molecular formula is C27H54N2O4. The van der Waals surface area contributed by atoms with Gasteiger partial charge in [0.1, 0.15) is 12.9 Å². The van der Waals surface area contributed by atoms with E-state index in [2.05, 4.69) is 0 Å².